The molecule has 0 aliphatic heterocycles. The van der Waals surface area contributed by atoms with E-state index in [-0.39, 0.29) is 0 Å². The number of ether oxygens (including phenoxy) is 1. The Morgan fingerprint density at radius 1 is 1.27 bits per heavy atom. The lowest BCUT2D eigenvalue weighted by molar-refractivity contribution is -0.140. The Morgan fingerprint density at radius 3 is 2.77 bits per heavy atom. The van der Waals surface area contributed by atoms with Gasteiger partial charge in [0.05, 0.1) is 6.33 Å². The van der Waals surface area contributed by atoms with Crippen LogP contribution in [0.25, 0.3) is 11.2 Å². The fraction of sp³-hybridized carbons (Fsp3) is 0.200. The van der Waals surface area contributed by atoms with Gasteiger partial charge in [0.25, 0.3) is 0 Å². The van der Waals surface area contributed by atoms with E-state index in [2.05, 4.69) is 15.0 Å². The van der Waals surface area contributed by atoms with Crippen LogP contribution in [-0.4, -0.2) is 30.6 Å². The van der Waals surface area contributed by atoms with Crippen LogP contribution in [0.2, 0.25) is 0 Å². The maximum atomic E-state index is 11.1. The summed E-state index contributed by atoms with van der Waals surface area (Å²) < 4.78 is 7.17. The lowest BCUT2D eigenvalue weighted by atomic mass is 10.2. The van der Waals surface area contributed by atoms with Gasteiger partial charge in [-0.2, -0.15) is 4.98 Å². The molecular formula is C15H14N4O3. The van der Waals surface area contributed by atoms with Crippen molar-refractivity contribution in [2.45, 2.75) is 19.6 Å². The van der Waals surface area contributed by atoms with E-state index in [9.17, 15) is 4.79 Å². The minimum atomic E-state index is -0.954. The number of carboxylic acids is 1. The van der Waals surface area contributed by atoms with Crippen molar-refractivity contribution in [3.8, 4) is 5.88 Å². The van der Waals surface area contributed by atoms with E-state index < -0.39 is 12.0 Å². The van der Waals surface area contributed by atoms with Crippen molar-refractivity contribution in [3.05, 3.63) is 48.5 Å². The normalized spacial score (nSPS) is 12.2. The average Bonchev–Trinajstić information content (AvgIpc) is 2.97. The molecule has 7 heteroatoms. The van der Waals surface area contributed by atoms with Gasteiger partial charge >= 0.3 is 5.97 Å². The van der Waals surface area contributed by atoms with E-state index in [4.69, 9.17) is 9.84 Å². The SMILES string of the molecule is CC(C(=O)O)n1cnc2c(OCc3ccccc3)ncnc21. The zero-order chi connectivity index (χ0) is 15.5. The third-order valence-corrected chi connectivity index (χ3v) is 3.32. The molecule has 0 amide bonds. The molecule has 0 spiro atoms. The van der Waals surface area contributed by atoms with Gasteiger partial charge in [0.2, 0.25) is 5.88 Å². The molecule has 112 valence electrons. The molecule has 0 fully saturated rings. The number of aliphatic carboxylic acids is 1. The second kappa shape index (κ2) is 5.80. The summed E-state index contributed by atoms with van der Waals surface area (Å²) in [4.78, 5) is 23.5. The number of nitrogens with zero attached hydrogens (tertiary/aromatic N) is 4. The van der Waals surface area contributed by atoms with Crippen LogP contribution in [0.4, 0.5) is 0 Å². The second-order valence-electron chi connectivity index (χ2n) is 4.79. The maximum absolute atomic E-state index is 11.1. The minimum absolute atomic E-state index is 0.338. The van der Waals surface area contributed by atoms with Crippen LogP contribution in [0.3, 0.4) is 0 Å². The summed E-state index contributed by atoms with van der Waals surface area (Å²) in [6, 6.07) is 8.92. The number of rotatable bonds is 5. The number of fused-ring (bicyclic) bond motifs is 1. The first-order valence-corrected chi connectivity index (χ1v) is 6.74. The summed E-state index contributed by atoms with van der Waals surface area (Å²) in [7, 11) is 0. The smallest absolute Gasteiger partial charge is 0.326 e. The van der Waals surface area contributed by atoms with Gasteiger partial charge in [-0.15, -0.1) is 0 Å². The molecule has 22 heavy (non-hydrogen) atoms. The van der Waals surface area contributed by atoms with E-state index in [1.807, 2.05) is 30.3 Å². The van der Waals surface area contributed by atoms with Crippen LogP contribution in [0.1, 0.15) is 18.5 Å². The Labute approximate surface area is 126 Å². The van der Waals surface area contributed by atoms with Crippen LogP contribution >= 0.6 is 0 Å². The largest absolute Gasteiger partial charge is 0.480 e. The summed E-state index contributed by atoms with van der Waals surface area (Å²) in [6.07, 6.45) is 2.78. The molecule has 7 nitrogen and oxygen atoms in total. The highest BCUT2D eigenvalue weighted by Gasteiger charge is 2.19. The van der Waals surface area contributed by atoms with Gasteiger partial charge < -0.3 is 14.4 Å². The molecule has 3 aromatic rings. The molecule has 0 aliphatic rings. The van der Waals surface area contributed by atoms with Gasteiger partial charge in [-0.1, -0.05) is 30.3 Å². The topological polar surface area (TPSA) is 90.1 Å². The highest BCUT2D eigenvalue weighted by molar-refractivity contribution is 5.79. The lowest BCUT2D eigenvalue weighted by Crippen LogP contribution is -2.15. The Kier molecular flexibility index (Phi) is 3.69. The summed E-state index contributed by atoms with van der Waals surface area (Å²) in [6.45, 7) is 1.92. The van der Waals surface area contributed by atoms with Crippen molar-refractivity contribution in [2.75, 3.05) is 0 Å². The third kappa shape index (κ3) is 2.60. The van der Waals surface area contributed by atoms with Gasteiger partial charge in [0, 0.05) is 0 Å². The predicted octanol–water partition coefficient (Wildman–Crippen LogP) is 2.05. The van der Waals surface area contributed by atoms with Crippen LogP contribution in [0, 0.1) is 0 Å². The Bertz CT molecular complexity index is 801. The molecule has 0 aliphatic carbocycles. The molecule has 0 radical (unpaired) electrons. The van der Waals surface area contributed by atoms with Crippen molar-refractivity contribution in [2.24, 2.45) is 0 Å². The lowest BCUT2D eigenvalue weighted by Gasteiger charge is -2.09. The highest BCUT2D eigenvalue weighted by Crippen LogP contribution is 2.23. The van der Waals surface area contributed by atoms with Gasteiger partial charge in [-0.05, 0) is 12.5 Å². The number of benzene rings is 1. The predicted molar refractivity (Wildman–Crippen MR) is 78.4 cm³/mol. The van der Waals surface area contributed by atoms with E-state index in [1.165, 1.54) is 17.2 Å². The van der Waals surface area contributed by atoms with Gasteiger partial charge in [0.1, 0.15) is 19.0 Å². The average molecular weight is 298 g/mol. The van der Waals surface area contributed by atoms with Gasteiger partial charge in [-0.3, -0.25) is 0 Å². The minimum Gasteiger partial charge on any atom is -0.480 e. The number of imidazole rings is 1. The Morgan fingerprint density at radius 2 is 2.05 bits per heavy atom. The summed E-state index contributed by atoms with van der Waals surface area (Å²) in [5.74, 6) is -0.616. The first-order valence-electron chi connectivity index (χ1n) is 6.74. The van der Waals surface area contributed by atoms with Crippen molar-refractivity contribution in [3.63, 3.8) is 0 Å². The molecule has 0 saturated carbocycles. The van der Waals surface area contributed by atoms with Crippen molar-refractivity contribution < 1.29 is 14.6 Å². The molecule has 2 aromatic heterocycles. The summed E-state index contributed by atoms with van der Waals surface area (Å²) in [5.41, 5.74) is 1.90. The molecule has 3 rings (SSSR count). The maximum Gasteiger partial charge on any atom is 0.326 e. The fourth-order valence-electron chi connectivity index (χ4n) is 2.06. The number of hydrogen-bond donors (Lipinski definition) is 1. The van der Waals surface area contributed by atoms with Gasteiger partial charge in [0.15, 0.2) is 11.2 Å². The van der Waals surface area contributed by atoms with Crippen LogP contribution in [0.5, 0.6) is 5.88 Å². The zero-order valence-corrected chi connectivity index (χ0v) is 11.9. The Hall–Kier alpha value is -2.96. The standard InChI is InChI=1S/C15H14N4O3/c1-10(15(20)21)19-9-18-12-13(19)16-8-17-14(12)22-7-11-5-3-2-4-6-11/h2-6,8-10H,7H2,1H3,(H,20,21). The van der Waals surface area contributed by atoms with Crippen molar-refractivity contribution in [1.29, 1.82) is 0 Å². The fourth-order valence-corrected chi connectivity index (χ4v) is 2.06. The van der Waals surface area contributed by atoms with E-state index in [1.54, 1.807) is 6.92 Å². The summed E-state index contributed by atoms with van der Waals surface area (Å²) >= 11 is 0. The van der Waals surface area contributed by atoms with E-state index in [0.29, 0.717) is 23.7 Å². The number of aromatic nitrogens is 4. The molecule has 2 heterocycles. The van der Waals surface area contributed by atoms with Crippen LogP contribution < -0.4 is 4.74 Å². The molecule has 1 atom stereocenters. The second-order valence-corrected chi connectivity index (χ2v) is 4.79. The molecule has 0 bridgehead atoms. The first-order chi connectivity index (χ1) is 10.7. The van der Waals surface area contributed by atoms with E-state index in [0.717, 1.165) is 5.56 Å². The monoisotopic (exact) mass is 298 g/mol. The zero-order valence-electron chi connectivity index (χ0n) is 11.9. The van der Waals surface area contributed by atoms with Gasteiger partial charge in [-0.25, -0.2) is 14.8 Å². The Balaban J connectivity index is 1.90. The number of carbonyl (C=O) groups is 1. The quantitative estimate of drug-likeness (QED) is 0.775. The molecule has 1 aromatic carbocycles. The van der Waals surface area contributed by atoms with Crippen molar-refractivity contribution in [1.82, 2.24) is 19.5 Å². The van der Waals surface area contributed by atoms with E-state index >= 15 is 0 Å². The third-order valence-electron chi connectivity index (χ3n) is 3.32. The molecule has 1 N–H and O–H groups in total. The number of hydrogen-bond acceptors (Lipinski definition) is 5. The number of carboxylic acid groups (broad SMARTS) is 1. The first kappa shape index (κ1) is 14.0. The van der Waals surface area contributed by atoms with Crippen LogP contribution in [0.15, 0.2) is 43.0 Å². The molecule has 0 saturated heterocycles. The molecular weight excluding hydrogens is 284 g/mol. The molecule has 1 unspecified atom stereocenters. The van der Waals surface area contributed by atoms with Crippen LogP contribution in [-0.2, 0) is 11.4 Å². The highest BCUT2D eigenvalue weighted by atomic mass is 16.5. The summed E-state index contributed by atoms with van der Waals surface area (Å²) in [5, 5.41) is 9.11. The van der Waals surface area contributed by atoms with Crippen molar-refractivity contribution >= 4 is 17.1 Å².